The van der Waals surface area contributed by atoms with Crippen LogP contribution in [0, 0.1) is 0 Å². The summed E-state index contributed by atoms with van der Waals surface area (Å²) in [4.78, 5) is 33.6. The number of rotatable bonds is 5. The number of carbonyl (C=O) groups excluding carboxylic acids is 2. The lowest BCUT2D eigenvalue weighted by molar-refractivity contribution is -0.141. The van der Waals surface area contributed by atoms with Crippen molar-refractivity contribution in [2.24, 2.45) is 0 Å². The molecule has 0 fully saturated rings. The van der Waals surface area contributed by atoms with Gasteiger partial charge in [-0.2, -0.15) is 0 Å². The molecule has 7 nitrogen and oxygen atoms in total. The lowest BCUT2D eigenvalue weighted by atomic mass is 10.2. The fourth-order valence-corrected chi connectivity index (χ4v) is 1.14. The second-order valence-electron chi connectivity index (χ2n) is 3.74. The van der Waals surface area contributed by atoms with Gasteiger partial charge < -0.3 is 20.2 Å². The van der Waals surface area contributed by atoms with Gasteiger partial charge in [0.25, 0.3) is 5.91 Å². The Hall–Kier alpha value is -2.31. The first-order valence-electron chi connectivity index (χ1n) is 5.29. The zero-order valence-electron chi connectivity index (χ0n) is 9.97. The zero-order chi connectivity index (χ0) is 13.7. The van der Waals surface area contributed by atoms with Crippen LogP contribution in [-0.4, -0.2) is 35.0 Å². The van der Waals surface area contributed by atoms with Crippen molar-refractivity contribution in [2.45, 2.75) is 25.9 Å². The van der Waals surface area contributed by atoms with Crippen molar-refractivity contribution in [3.8, 4) is 0 Å². The summed E-state index contributed by atoms with van der Waals surface area (Å²) in [5.74, 6) is -2.18. The van der Waals surface area contributed by atoms with E-state index in [0.29, 0.717) is 0 Å². The molecule has 2 atom stereocenters. The van der Waals surface area contributed by atoms with Crippen LogP contribution < -0.4 is 10.6 Å². The van der Waals surface area contributed by atoms with E-state index in [0.717, 1.165) is 0 Å². The molecule has 0 bridgehead atoms. The van der Waals surface area contributed by atoms with Gasteiger partial charge in [-0.15, -0.1) is 0 Å². The molecule has 0 saturated heterocycles. The Morgan fingerprint density at radius 2 is 1.89 bits per heavy atom. The first-order valence-corrected chi connectivity index (χ1v) is 5.29. The van der Waals surface area contributed by atoms with E-state index in [-0.39, 0.29) is 5.76 Å². The molecule has 2 unspecified atom stereocenters. The summed E-state index contributed by atoms with van der Waals surface area (Å²) in [6, 6.07) is 1.14. The fraction of sp³-hybridized carbons (Fsp3) is 0.364. The van der Waals surface area contributed by atoms with Gasteiger partial charge >= 0.3 is 5.97 Å². The molecule has 7 heteroatoms. The second kappa shape index (κ2) is 5.85. The van der Waals surface area contributed by atoms with Gasteiger partial charge in [0, 0.05) is 0 Å². The van der Waals surface area contributed by atoms with E-state index in [2.05, 4.69) is 10.6 Å². The average Bonchev–Trinajstić information content (AvgIpc) is 2.81. The highest BCUT2D eigenvalue weighted by atomic mass is 16.4. The van der Waals surface area contributed by atoms with Gasteiger partial charge in [-0.3, -0.25) is 14.4 Å². The van der Waals surface area contributed by atoms with Crippen LogP contribution in [0.15, 0.2) is 22.8 Å². The number of hydrogen-bond acceptors (Lipinski definition) is 4. The molecule has 18 heavy (non-hydrogen) atoms. The number of carboxylic acid groups (broad SMARTS) is 1. The predicted molar refractivity (Wildman–Crippen MR) is 60.9 cm³/mol. The smallest absolute Gasteiger partial charge is 0.325 e. The molecule has 0 aliphatic carbocycles. The van der Waals surface area contributed by atoms with Crippen LogP contribution >= 0.6 is 0 Å². The lowest BCUT2D eigenvalue weighted by Gasteiger charge is -2.15. The maximum atomic E-state index is 11.5. The number of aliphatic carboxylic acids is 1. The molecule has 1 aromatic heterocycles. The number of carbonyl (C=O) groups is 3. The standard InChI is InChI=1S/C11H14N2O5/c1-6(9(14)13-7(2)11(16)17)12-10(15)8-4-3-5-18-8/h3-7H,1-2H3,(H,12,15)(H,13,14)(H,16,17). The highest BCUT2D eigenvalue weighted by Gasteiger charge is 2.21. The summed E-state index contributed by atoms with van der Waals surface area (Å²) < 4.78 is 4.86. The van der Waals surface area contributed by atoms with E-state index >= 15 is 0 Å². The van der Waals surface area contributed by atoms with Crippen LogP contribution in [0.2, 0.25) is 0 Å². The molecular formula is C11H14N2O5. The summed E-state index contributed by atoms with van der Waals surface area (Å²) in [6.45, 7) is 2.78. The highest BCUT2D eigenvalue weighted by Crippen LogP contribution is 2.00. The number of hydrogen-bond donors (Lipinski definition) is 3. The van der Waals surface area contributed by atoms with Crippen molar-refractivity contribution in [1.82, 2.24) is 10.6 Å². The summed E-state index contributed by atoms with van der Waals surface area (Å²) in [5, 5.41) is 13.3. The van der Waals surface area contributed by atoms with Gasteiger partial charge in [0.1, 0.15) is 12.1 Å². The molecule has 0 aliphatic rings. The molecule has 0 spiro atoms. The minimum Gasteiger partial charge on any atom is -0.480 e. The van der Waals surface area contributed by atoms with Crippen LogP contribution in [0.3, 0.4) is 0 Å². The summed E-state index contributed by atoms with van der Waals surface area (Å²) in [5.41, 5.74) is 0. The van der Waals surface area contributed by atoms with Crippen LogP contribution in [0.1, 0.15) is 24.4 Å². The molecule has 0 radical (unpaired) electrons. The largest absolute Gasteiger partial charge is 0.480 e. The van der Waals surface area contributed by atoms with Gasteiger partial charge in [-0.1, -0.05) is 0 Å². The molecule has 3 N–H and O–H groups in total. The van der Waals surface area contributed by atoms with E-state index in [4.69, 9.17) is 9.52 Å². The number of amides is 2. The van der Waals surface area contributed by atoms with Crippen molar-refractivity contribution in [1.29, 1.82) is 0 Å². The SMILES string of the molecule is CC(NC(=O)C(C)NC(=O)c1ccco1)C(=O)O. The highest BCUT2D eigenvalue weighted by molar-refractivity contribution is 5.96. The minimum absolute atomic E-state index is 0.0842. The summed E-state index contributed by atoms with van der Waals surface area (Å²) in [6.07, 6.45) is 1.34. The van der Waals surface area contributed by atoms with Crippen LogP contribution in [0.4, 0.5) is 0 Å². The normalized spacial score (nSPS) is 13.4. The van der Waals surface area contributed by atoms with Gasteiger partial charge in [0.15, 0.2) is 5.76 Å². The van der Waals surface area contributed by atoms with Gasteiger partial charge in [-0.25, -0.2) is 0 Å². The van der Waals surface area contributed by atoms with Gasteiger partial charge in [-0.05, 0) is 26.0 Å². The molecule has 1 aromatic rings. The Morgan fingerprint density at radius 3 is 2.39 bits per heavy atom. The Balaban J connectivity index is 2.50. The van der Waals surface area contributed by atoms with E-state index in [1.165, 1.54) is 26.2 Å². The Morgan fingerprint density at radius 1 is 1.22 bits per heavy atom. The third-order valence-electron chi connectivity index (χ3n) is 2.22. The lowest BCUT2D eigenvalue weighted by Crippen LogP contribution is -2.49. The molecule has 2 amide bonds. The molecule has 98 valence electrons. The second-order valence-corrected chi connectivity index (χ2v) is 3.74. The monoisotopic (exact) mass is 254 g/mol. The Labute approximate surface area is 103 Å². The Kier molecular flexibility index (Phi) is 4.47. The van der Waals surface area contributed by atoms with E-state index < -0.39 is 29.9 Å². The third kappa shape index (κ3) is 3.62. The molecule has 1 heterocycles. The fourth-order valence-electron chi connectivity index (χ4n) is 1.14. The van der Waals surface area contributed by atoms with Gasteiger partial charge in [0.05, 0.1) is 6.26 Å². The van der Waals surface area contributed by atoms with Crippen molar-refractivity contribution in [2.75, 3.05) is 0 Å². The van der Waals surface area contributed by atoms with Crippen molar-refractivity contribution in [3.05, 3.63) is 24.2 Å². The molecule has 0 saturated carbocycles. The zero-order valence-corrected chi connectivity index (χ0v) is 9.97. The predicted octanol–water partition coefficient (Wildman–Crippen LogP) is -0.0128. The first-order chi connectivity index (χ1) is 8.41. The van der Waals surface area contributed by atoms with Crippen LogP contribution in [0.5, 0.6) is 0 Å². The number of nitrogens with one attached hydrogen (secondary N) is 2. The van der Waals surface area contributed by atoms with Crippen LogP contribution in [-0.2, 0) is 9.59 Å². The number of carboxylic acids is 1. The third-order valence-corrected chi connectivity index (χ3v) is 2.22. The maximum Gasteiger partial charge on any atom is 0.325 e. The first kappa shape index (κ1) is 13.8. The topological polar surface area (TPSA) is 109 Å². The minimum atomic E-state index is -1.15. The van der Waals surface area contributed by atoms with E-state index in [1.807, 2.05) is 0 Å². The molecule has 1 rings (SSSR count). The van der Waals surface area contributed by atoms with Gasteiger partial charge in [0.2, 0.25) is 5.91 Å². The summed E-state index contributed by atoms with van der Waals surface area (Å²) in [7, 11) is 0. The quantitative estimate of drug-likeness (QED) is 0.684. The van der Waals surface area contributed by atoms with Crippen molar-refractivity contribution in [3.63, 3.8) is 0 Å². The average molecular weight is 254 g/mol. The van der Waals surface area contributed by atoms with Crippen LogP contribution in [0.25, 0.3) is 0 Å². The Bertz CT molecular complexity index is 440. The maximum absolute atomic E-state index is 11.5. The van der Waals surface area contributed by atoms with E-state index in [1.54, 1.807) is 6.07 Å². The summed E-state index contributed by atoms with van der Waals surface area (Å²) >= 11 is 0. The molecule has 0 aliphatic heterocycles. The molecule has 0 aromatic carbocycles. The van der Waals surface area contributed by atoms with E-state index in [9.17, 15) is 14.4 Å². The van der Waals surface area contributed by atoms with Crippen molar-refractivity contribution < 1.29 is 23.9 Å². The van der Waals surface area contributed by atoms with Crippen molar-refractivity contribution >= 4 is 17.8 Å². The molecular weight excluding hydrogens is 240 g/mol. The number of furan rings is 1.